The molecule has 0 saturated heterocycles. The van der Waals surface area contributed by atoms with Gasteiger partial charge < -0.3 is 5.32 Å². The number of nitrogens with one attached hydrogen (secondary N) is 1. The highest BCUT2D eigenvalue weighted by Crippen LogP contribution is 2.26. The van der Waals surface area contributed by atoms with Gasteiger partial charge in [0, 0.05) is 5.56 Å². The van der Waals surface area contributed by atoms with Crippen LogP contribution >= 0.6 is 0 Å². The molecule has 4 nitrogen and oxygen atoms in total. The van der Waals surface area contributed by atoms with Crippen LogP contribution in [-0.2, 0) is 25.7 Å². The third-order valence-corrected chi connectivity index (χ3v) is 7.79. The van der Waals surface area contributed by atoms with E-state index in [1.807, 2.05) is 0 Å². The second-order valence-electron chi connectivity index (χ2n) is 11.3. The van der Waals surface area contributed by atoms with E-state index in [1.165, 1.54) is 44.7 Å². The van der Waals surface area contributed by atoms with Crippen molar-refractivity contribution in [2.24, 2.45) is 10.4 Å². The van der Waals surface area contributed by atoms with Gasteiger partial charge >= 0.3 is 0 Å². The summed E-state index contributed by atoms with van der Waals surface area (Å²) in [5.41, 5.74) is 10.8. The molecule has 35 heavy (non-hydrogen) atoms. The van der Waals surface area contributed by atoms with E-state index in [0.29, 0.717) is 6.04 Å². The molecule has 0 amide bonds. The Labute approximate surface area is 208 Å². The molecule has 0 fully saturated rings. The number of hydrogen-bond acceptors (Lipinski definition) is 2. The first-order valence-corrected chi connectivity index (χ1v) is 12.9. The number of imidazole rings is 1. The standard InChI is InChI=1S/C31H35N4/c1-21-6-5-7-26-19-34(20-35(21)26)28-17-23-9-13-24-12-8-22(10-14-25(28)15-11-23)16-27(24)30-32-18-29(33-30)31(2,3)4/h5-8,11-12,15-17,19-20,29H,9-10,13-14,18H2,1-4H3,(H,32,33)/q+1. The van der Waals surface area contributed by atoms with Crippen LogP contribution in [-0.4, -0.2) is 22.8 Å². The van der Waals surface area contributed by atoms with Crippen molar-refractivity contribution < 1.29 is 4.57 Å². The first kappa shape index (κ1) is 22.1. The van der Waals surface area contributed by atoms with Crippen LogP contribution in [0.2, 0.25) is 0 Å². The Morgan fingerprint density at radius 2 is 1.66 bits per heavy atom. The summed E-state index contributed by atoms with van der Waals surface area (Å²) in [4.78, 5) is 4.95. The molecule has 0 spiro atoms. The molecule has 0 radical (unpaired) electrons. The molecule has 3 heterocycles. The number of amidine groups is 1. The average Bonchev–Trinajstić information content (AvgIpc) is 3.49. The van der Waals surface area contributed by atoms with Crippen LogP contribution in [0.3, 0.4) is 0 Å². The van der Waals surface area contributed by atoms with Crippen molar-refractivity contribution >= 4 is 11.4 Å². The summed E-state index contributed by atoms with van der Waals surface area (Å²) in [5, 5.41) is 3.75. The van der Waals surface area contributed by atoms with Gasteiger partial charge in [-0.15, -0.1) is 0 Å². The molecule has 1 aliphatic heterocycles. The fourth-order valence-electron chi connectivity index (χ4n) is 5.43. The maximum absolute atomic E-state index is 4.95. The fourth-order valence-corrected chi connectivity index (χ4v) is 5.43. The van der Waals surface area contributed by atoms with Gasteiger partial charge in [0.25, 0.3) is 6.33 Å². The van der Waals surface area contributed by atoms with E-state index in [2.05, 4.69) is 109 Å². The lowest BCUT2D eigenvalue weighted by molar-refractivity contribution is -0.594. The number of benzene rings is 2. The molecule has 2 aromatic carbocycles. The summed E-state index contributed by atoms with van der Waals surface area (Å²) in [7, 11) is 0. The van der Waals surface area contributed by atoms with Crippen LogP contribution in [0.5, 0.6) is 0 Å². The lowest BCUT2D eigenvalue weighted by Crippen LogP contribution is -2.41. The molecule has 1 unspecified atom stereocenters. The van der Waals surface area contributed by atoms with Gasteiger partial charge in [-0.3, -0.25) is 4.99 Å². The second-order valence-corrected chi connectivity index (χ2v) is 11.3. The Bertz CT molecular complexity index is 1450. The van der Waals surface area contributed by atoms with Gasteiger partial charge in [0.15, 0.2) is 5.52 Å². The minimum atomic E-state index is 0.196. The number of pyridine rings is 1. The molecule has 1 atom stereocenters. The van der Waals surface area contributed by atoms with E-state index in [0.717, 1.165) is 38.1 Å². The normalized spacial score (nSPS) is 17.8. The summed E-state index contributed by atoms with van der Waals surface area (Å²) < 4.78 is 4.58. The molecule has 4 bridgehead atoms. The molecule has 1 N–H and O–H groups in total. The van der Waals surface area contributed by atoms with Gasteiger partial charge in [-0.2, -0.15) is 4.40 Å². The summed E-state index contributed by atoms with van der Waals surface area (Å²) in [6.45, 7) is 9.90. The molecular weight excluding hydrogens is 428 g/mol. The van der Waals surface area contributed by atoms with Crippen molar-refractivity contribution in [3.05, 3.63) is 101 Å². The molecular formula is C31H35N4+. The molecule has 0 saturated carbocycles. The monoisotopic (exact) mass is 463 g/mol. The van der Waals surface area contributed by atoms with E-state index in [4.69, 9.17) is 4.99 Å². The van der Waals surface area contributed by atoms with Crippen molar-refractivity contribution in [3.63, 3.8) is 0 Å². The van der Waals surface area contributed by atoms with Crippen molar-refractivity contribution in [3.8, 4) is 5.69 Å². The van der Waals surface area contributed by atoms with E-state index in [9.17, 15) is 0 Å². The number of fused-ring (bicyclic) bond motifs is 1. The zero-order valence-electron chi connectivity index (χ0n) is 21.3. The highest BCUT2D eigenvalue weighted by Gasteiger charge is 2.30. The first-order chi connectivity index (χ1) is 16.8. The zero-order chi connectivity index (χ0) is 24.2. The third kappa shape index (κ3) is 4.16. The number of aromatic nitrogens is 2. The number of nitrogens with zero attached hydrogens (tertiary/aromatic N) is 3. The number of aryl methyl sites for hydroxylation is 5. The number of hydrogen-bond donors (Lipinski definition) is 1. The molecule has 4 heteroatoms. The summed E-state index contributed by atoms with van der Waals surface area (Å²) in [6, 6.07) is 21.0. The van der Waals surface area contributed by atoms with E-state index in [1.54, 1.807) is 0 Å². The average molecular weight is 464 g/mol. The van der Waals surface area contributed by atoms with Crippen LogP contribution in [0.25, 0.3) is 11.2 Å². The summed E-state index contributed by atoms with van der Waals surface area (Å²) in [5.74, 6) is 1.08. The van der Waals surface area contributed by atoms with E-state index >= 15 is 0 Å². The van der Waals surface area contributed by atoms with Gasteiger partial charge in [0.2, 0.25) is 0 Å². The Balaban J connectivity index is 1.35. The van der Waals surface area contributed by atoms with Crippen LogP contribution < -0.4 is 9.88 Å². The highest BCUT2D eigenvalue weighted by molar-refractivity contribution is 6.01. The van der Waals surface area contributed by atoms with Gasteiger partial charge in [-0.25, -0.2) is 4.57 Å². The van der Waals surface area contributed by atoms with Crippen LogP contribution in [0.1, 0.15) is 54.3 Å². The maximum Gasteiger partial charge on any atom is 0.254 e. The highest BCUT2D eigenvalue weighted by atomic mass is 15.1. The topological polar surface area (TPSA) is 32.7 Å². The van der Waals surface area contributed by atoms with Crippen molar-refractivity contribution in [1.82, 2.24) is 9.72 Å². The number of rotatable bonds is 2. The maximum atomic E-state index is 4.95. The SMILES string of the molecule is Cc1cccc2c[n+](-c3cc4ccc3CCc3ccc(c(C5=NCC(C(C)(C)C)N5)c3)CC4)cn12. The quantitative estimate of drug-likeness (QED) is 0.409. The third-order valence-electron chi connectivity index (χ3n) is 7.79. The number of aliphatic imine (C=N–C) groups is 1. The van der Waals surface area contributed by atoms with Gasteiger partial charge in [-0.1, -0.05) is 51.1 Å². The molecule has 5 aliphatic rings. The smallest absolute Gasteiger partial charge is 0.254 e. The predicted molar refractivity (Wildman–Crippen MR) is 143 cm³/mol. The Morgan fingerprint density at radius 1 is 0.914 bits per heavy atom. The summed E-state index contributed by atoms with van der Waals surface area (Å²) in [6.07, 6.45) is 8.53. The minimum absolute atomic E-state index is 0.196. The van der Waals surface area contributed by atoms with E-state index in [-0.39, 0.29) is 5.41 Å². The molecule has 178 valence electrons. The first-order valence-electron chi connectivity index (χ1n) is 12.9. The van der Waals surface area contributed by atoms with Crippen LogP contribution in [0.4, 0.5) is 0 Å². The van der Waals surface area contributed by atoms with Crippen molar-refractivity contribution in [2.75, 3.05) is 6.54 Å². The largest absolute Gasteiger partial charge is 0.365 e. The molecule has 2 aromatic heterocycles. The van der Waals surface area contributed by atoms with Gasteiger partial charge in [0.1, 0.15) is 23.4 Å². The second kappa shape index (κ2) is 8.37. The predicted octanol–water partition coefficient (Wildman–Crippen LogP) is 5.17. The minimum Gasteiger partial charge on any atom is -0.365 e. The Hall–Kier alpha value is -3.40. The lowest BCUT2D eigenvalue weighted by Gasteiger charge is -2.27. The Kier molecular flexibility index (Phi) is 5.28. The molecule has 4 aromatic rings. The molecule has 9 rings (SSSR count). The zero-order valence-corrected chi connectivity index (χ0v) is 21.3. The van der Waals surface area contributed by atoms with Crippen molar-refractivity contribution in [1.29, 1.82) is 0 Å². The summed E-state index contributed by atoms with van der Waals surface area (Å²) >= 11 is 0. The van der Waals surface area contributed by atoms with Crippen molar-refractivity contribution in [2.45, 2.75) is 59.4 Å². The van der Waals surface area contributed by atoms with Gasteiger partial charge in [-0.05, 0) is 84.5 Å². The Morgan fingerprint density at radius 3 is 2.40 bits per heavy atom. The lowest BCUT2D eigenvalue weighted by atomic mass is 9.87. The van der Waals surface area contributed by atoms with E-state index < -0.39 is 0 Å². The molecule has 4 aliphatic carbocycles. The fraction of sp³-hybridized carbons (Fsp3) is 0.355. The van der Waals surface area contributed by atoms with Gasteiger partial charge in [0.05, 0.1) is 12.6 Å². The van der Waals surface area contributed by atoms with Crippen LogP contribution in [0, 0.1) is 12.3 Å². The van der Waals surface area contributed by atoms with Crippen LogP contribution in [0.15, 0.2) is 72.1 Å².